The number of hydrogen-bond acceptors (Lipinski definition) is 5. The molecule has 0 aliphatic carbocycles. The zero-order valence-electron chi connectivity index (χ0n) is 12.9. The fraction of sp³-hybridized carbons (Fsp3) is 0.188. The first-order chi connectivity index (χ1) is 11.4. The highest BCUT2D eigenvalue weighted by molar-refractivity contribution is 6.07. The van der Waals surface area contributed by atoms with Crippen LogP contribution in [0.5, 0.6) is 0 Å². The lowest BCUT2D eigenvalue weighted by Crippen LogP contribution is -2.21. The first-order valence-corrected chi connectivity index (χ1v) is 7.09. The van der Waals surface area contributed by atoms with E-state index in [-0.39, 0.29) is 12.2 Å². The lowest BCUT2D eigenvalue weighted by Gasteiger charge is -2.18. The van der Waals surface area contributed by atoms with Crippen LogP contribution in [0.1, 0.15) is 10.4 Å². The molecule has 1 amide bonds. The minimum atomic E-state index is -0.766. The van der Waals surface area contributed by atoms with Crippen molar-refractivity contribution in [3.05, 3.63) is 64.0 Å². The molecule has 24 heavy (non-hydrogen) atoms. The summed E-state index contributed by atoms with van der Waals surface area (Å²) in [6, 6.07) is 9.41. The van der Waals surface area contributed by atoms with Crippen molar-refractivity contribution in [2.45, 2.75) is 0 Å². The quantitative estimate of drug-likeness (QED) is 0.625. The maximum absolute atomic E-state index is 13.3. The normalized spacial score (nSPS) is 10.3. The first kappa shape index (κ1) is 17.4. The molecule has 2 aromatic rings. The van der Waals surface area contributed by atoms with Gasteiger partial charge in [-0.1, -0.05) is 0 Å². The lowest BCUT2D eigenvalue weighted by atomic mass is 10.1. The third-order valence-corrected chi connectivity index (χ3v) is 3.40. The Morgan fingerprint density at radius 1 is 1.29 bits per heavy atom. The molecule has 8 heteroatoms. The zero-order chi connectivity index (χ0) is 17.7. The fourth-order valence-electron chi connectivity index (χ4n) is 2.13. The minimum Gasteiger partial charge on any atom is -0.395 e. The number of amides is 1. The Balaban J connectivity index is 2.18. The highest BCUT2D eigenvalue weighted by Crippen LogP contribution is 2.22. The van der Waals surface area contributed by atoms with Crippen molar-refractivity contribution in [3.8, 4) is 0 Å². The van der Waals surface area contributed by atoms with Gasteiger partial charge in [0.15, 0.2) is 0 Å². The second kappa shape index (κ2) is 7.51. The Morgan fingerprint density at radius 2 is 1.96 bits per heavy atom. The largest absolute Gasteiger partial charge is 0.395 e. The van der Waals surface area contributed by atoms with Crippen LogP contribution in [-0.2, 0) is 0 Å². The highest BCUT2D eigenvalue weighted by Gasteiger charge is 2.21. The van der Waals surface area contributed by atoms with Gasteiger partial charge >= 0.3 is 0 Å². The minimum absolute atomic E-state index is 0.0121. The second-order valence-electron chi connectivity index (χ2n) is 5.06. The third kappa shape index (κ3) is 4.05. The number of halogens is 1. The van der Waals surface area contributed by atoms with E-state index in [1.807, 2.05) is 4.90 Å². The Labute approximate surface area is 137 Å². The molecule has 2 rings (SSSR count). The molecule has 0 saturated carbocycles. The number of nitrogens with zero attached hydrogens (tertiary/aromatic N) is 2. The van der Waals surface area contributed by atoms with E-state index in [2.05, 4.69) is 5.32 Å². The molecule has 7 nitrogen and oxygen atoms in total. The van der Waals surface area contributed by atoms with Gasteiger partial charge in [-0.05, 0) is 36.4 Å². The summed E-state index contributed by atoms with van der Waals surface area (Å²) in [5.74, 6) is -1.50. The molecule has 0 atom stereocenters. The van der Waals surface area contributed by atoms with Crippen molar-refractivity contribution >= 4 is 23.0 Å². The van der Waals surface area contributed by atoms with Crippen molar-refractivity contribution in [2.75, 3.05) is 30.4 Å². The van der Waals surface area contributed by atoms with Gasteiger partial charge in [0.25, 0.3) is 11.6 Å². The van der Waals surface area contributed by atoms with Crippen molar-refractivity contribution in [1.29, 1.82) is 0 Å². The van der Waals surface area contributed by atoms with Crippen molar-refractivity contribution < 1.29 is 19.2 Å². The molecule has 2 aromatic carbocycles. The van der Waals surface area contributed by atoms with Crippen LogP contribution in [0.3, 0.4) is 0 Å². The molecule has 0 spiro atoms. The third-order valence-electron chi connectivity index (χ3n) is 3.40. The number of aliphatic hydroxyl groups excluding tert-OH is 1. The second-order valence-corrected chi connectivity index (χ2v) is 5.06. The molecule has 0 aromatic heterocycles. The molecular weight excluding hydrogens is 317 g/mol. The molecular formula is C16H16FN3O4. The summed E-state index contributed by atoms with van der Waals surface area (Å²) >= 11 is 0. The van der Waals surface area contributed by atoms with E-state index in [4.69, 9.17) is 5.11 Å². The average molecular weight is 333 g/mol. The Bertz CT molecular complexity index is 749. The molecule has 0 heterocycles. The summed E-state index contributed by atoms with van der Waals surface area (Å²) in [5.41, 5.74) is 0.438. The van der Waals surface area contributed by atoms with E-state index in [0.717, 1.165) is 23.9 Å². The van der Waals surface area contributed by atoms with Crippen LogP contribution in [0.15, 0.2) is 42.5 Å². The van der Waals surface area contributed by atoms with Gasteiger partial charge in [-0.3, -0.25) is 14.9 Å². The summed E-state index contributed by atoms with van der Waals surface area (Å²) in [5, 5.41) is 22.4. The maximum Gasteiger partial charge on any atom is 0.282 e. The van der Waals surface area contributed by atoms with Crippen LogP contribution in [0.4, 0.5) is 21.5 Å². The lowest BCUT2D eigenvalue weighted by molar-refractivity contribution is -0.385. The molecule has 2 N–H and O–H groups in total. The van der Waals surface area contributed by atoms with E-state index >= 15 is 0 Å². The molecule has 0 aliphatic rings. The summed E-state index contributed by atoms with van der Waals surface area (Å²) < 4.78 is 13.3. The van der Waals surface area contributed by atoms with Crippen LogP contribution in [0.2, 0.25) is 0 Å². The number of aliphatic hydroxyl groups is 1. The van der Waals surface area contributed by atoms with Gasteiger partial charge in [0.05, 0.1) is 11.5 Å². The number of benzene rings is 2. The standard InChI is InChI=1S/C16H16FN3O4/c1-19(8-9-21)13-5-3-12(4-6-13)18-16(22)14-10-11(17)2-7-15(14)20(23)24/h2-7,10,21H,8-9H2,1H3,(H,18,22). The van der Waals surface area contributed by atoms with Gasteiger partial charge in [-0.25, -0.2) is 4.39 Å². The van der Waals surface area contributed by atoms with E-state index in [0.29, 0.717) is 12.2 Å². The molecule has 0 radical (unpaired) electrons. The number of hydrogen-bond donors (Lipinski definition) is 2. The molecule has 0 unspecified atom stereocenters. The van der Waals surface area contributed by atoms with Crippen molar-refractivity contribution in [1.82, 2.24) is 0 Å². The van der Waals surface area contributed by atoms with E-state index in [9.17, 15) is 19.3 Å². The van der Waals surface area contributed by atoms with Gasteiger partial charge in [-0.2, -0.15) is 0 Å². The number of nitrogens with one attached hydrogen (secondary N) is 1. The predicted octanol–water partition coefficient (Wildman–Crippen LogP) is 2.41. The number of likely N-dealkylation sites (N-methyl/N-ethyl adjacent to an activating group) is 1. The molecule has 0 bridgehead atoms. The van der Waals surface area contributed by atoms with Crippen LogP contribution >= 0.6 is 0 Å². The number of carbonyl (C=O) groups excluding carboxylic acids is 1. The zero-order valence-corrected chi connectivity index (χ0v) is 12.9. The Hall–Kier alpha value is -3.00. The van der Waals surface area contributed by atoms with E-state index < -0.39 is 22.3 Å². The predicted molar refractivity (Wildman–Crippen MR) is 87.8 cm³/mol. The van der Waals surface area contributed by atoms with Crippen LogP contribution in [0, 0.1) is 15.9 Å². The number of anilines is 2. The number of nitro groups is 1. The monoisotopic (exact) mass is 333 g/mol. The van der Waals surface area contributed by atoms with Gasteiger partial charge in [0, 0.05) is 31.0 Å². The summed E-state index contributed by atoms with van der Waals surface area (Å²) in [7, 11) is 1.81. The van der Waals surface area contributed by atoms with Crippen LogP contribution < -0.4 is 10.2 Å². The van der Waals surface area contributed by atoms with E-state index in [1.54, 1.807) is 31.3 Å². The van der Waals surface area contributed by atoms with Gasteiger partial charge in [0.1, 0.15) is 11.4 Å². The first-order valence-electron chi connectivity index (χ1n) is 7.09. The van der Waals surface area contributed by atoms with Crippen LogP contribution in [-0.4, -0.2) is 36.1 Å². The summed E-state index contributed by atoms with van der Waals surface area (Å²) in [4.78, 5) is 24.2. The van der Waals surface area contributed by atoms with Gasteiger partial charge in [-0.15, -0.1) is 0 Å². The fourth-order valence-corrected chi connectivity index (χ4v) is 2.13. The molecule has 126 valence electrons. The average Bonchev–Trinajstić information content (AvgIpc) is 2.55. The Morgan fingerprint density at radius 3 is 2.54 bits per heavy atom. The number of carbonyl (C=O) groups is 1. The molecule has 0 saturated heterocycles. The van der Waals surface area contributed by atoms with Crippen molar-refractivity contribution in [3.63, 3.8) is 0 Å². The summed E-state index contributed by atoms with van der Waals surface area (Å²) in [6.45, 7) is 0.472. The smallest absolute Gasteiger partial charge is 0.282 e. The summed E-state index contributed by atoms with van der Waals surface area (Å²) in [6.07, 6.45) is 0. The Kier molecular flexibility index (Phi) is 5.43. The number of rotatable bonds is 6. The molecule has 0 aliphatic heterocycles. The van der Waals surface area contributed by atoms with Gasteiger partial charge < -0.3 is 15.3 Å². The van der Waals surface area contributed by atoms with Gasteiger partial charge in [0.2, 0.25) is 0 Å². The highest BCUT2D eigenvalue weighted by atomic mass is 19.1. The maximum atomic E-state index is 13.3. The van der Waals surface area contributed by atoms with E-state index in [1.165, 1.54) is 0 Å². The van der Waals surface area contributed by atoms with Crippen molar-refractivity contribution in [2.24, 2.45) is 0 Å². The topological polar surface area (TPSA) is 95.7 Å². The number of nitro benzene ring substituents is 1. The SMILES string of the molecule is CN(CCO)c1ccc(NC(=O)c2cc(F)ccc2[N+](=O)[O-])cc1. The molecule has 0 fully saturated rings. The van der Waals surface area contributed by atoms with Crippen LogP contribution in [0.25, 0.3) is 0 Å².